The number of benzene rings is 2. The third-order valence-corrected chi connectivity index (χ3v) is 5.90. The molecule has 3 rings (SSSR count). The Morgan fingerprint density at radius 2 is 1.35 bits per heavy atom. The van der Waals surface area contributed by atoms with Gasteiger partial charge in [-0.3, -0.25) is 4.90 Å². The Bertz CT molecular complexity index is 787. The molecule has 0 unspecified atom stereocenters. The van der Waals surface area contributed by atoms with Crippen molar-refractivity contribution in [2.75, 3.05) is 48.6 Å². The van der Waals surface area contributed by atoms with E-state index in [0.717, 1.165) is 53.6 Å². The molecule has 0 radical (unpaired) electrons. The van der Waals surface area contributed by atoms with Gasteiger partial charge in [0, 0.05) is 56.0 Å². The summed E-state index contributed by atoms with van der Waals surface area (Å²) >= 11 is 0. The lowest BCUT2D eigenvalue weighted by Crippen LogP contribution is -2.53. The second-order valence-electron chi connectivity index (χ2n) is 7.59. The number of methoxy groups -OCH3 is 5. The van der Waals surface area contributed by atoms with E-state index in [1.807, 2.05) is 24.3 Å². The molecule has 1 fully saturated rings. The first kappa shape index (κ1) is 23.2. The SMILES string of the molecule is COc1ccc(CN(Cc2ccc(OC)cc2OC)[C@@H]2CCNC[C@H]2OC)c(OC)c1. The maximum absolute atomic E-state index is 5.84. The topological polar surface area (TPSA) is 61.4 Å². The summed E-state index contributed by atoms with van der Waals surface area (Å²) in [6.07, 6.45) is 1.09. The fraction of sp³-hybridized carbons (Fsp3) is 0.500. The lowest BCUT2D eigenvalue weighted by atomic mass is 9.99. The van der Waals surface area contributed by atoms with Gasteiger partial charge >= 0.3 is 0 Å². The molecule has 1 aliphatic heterocycles. The summed E-state index contributed by atoms with van der Waals surface area (Å²) in [7, 11) is 8.49. The summed E-state index contributed by atoms with van der Waals surface area (Å²) in [5.74, 6) is 3.18. The minimum Gasteiger partial charge on any atom is -0.497 e. The quantitative estimate of drug-likeness (QED) is 0.621. The van der Waals surface area contributed by atoms with E-state index < -0.39 is 0 Å². The molecule has 7 nitrogen and oxygen atoms in total. The molecule has 31 heavy (non-hydrogen) atoms. The Morgan fingerprint density at radius 1 is 0.806 bits per heavy atom. The van der Waals surface area contributed by atoms with Gasteiger partial charge in [0.15, 0.2) is 0 Å². The molecule has 1 saturated heterocycles. The molecule has 7 heteroatoms. The van der Waals surface area contributed by atoms with Gasteiger partial charge in [-0.05, 0) is 25.1 Å². The number of piperidine rings is 1. The van der Waals surface area contributed by atoms with Crippen LogP contribution in [0.25, 0.3) is 0 Å². The van der Waals surface area contributed by atoms with E-state index in [-0.39, 0.29) is 12.1 Å². The Hall–Kier alpha value is -2.48. The van der Waals surface area contributed by atoms with Crippen LogP contribution in [0.5, 0.6) is 23.0 Å². The molecule has 1 aliphatic rings. The van der Waals surface area contributed by atoms with E-state index in [9.17, 15) is 0 Å². The lowest BCUT2D eigenvalue weighted by molar-refractivity contribution is -0.00964. The fourth-order valence-electron chi connectivity index (χ4n) is 4.17. The Morgan fingerprint density at radius 3 is 1.81 bits per heavy atom. The number of nitrogens with zero attached hydrogens (tertiary/aromatic N) is 1. The Labute approximate surface area is 185 Å². The monoisotopic (exact) mass is 430 g/mol. The minimum atomic E-state index is 0.0993. The van der Waals surface area contributed by atoms with Crippen LogP contribution in [0, 0.1) is 0 Å². The number of nitrogens with one attached hydrogen (secondary N) is 1. The first-order chi connectivity index (χ1) is 15.1. The van der Waals surface area contributed by atoms with Gasteiger partial charge in [-0.2, -0.15) is 0 Å². The van der Waals surface area contributed by atoms with Crippen molar-refractivity contribution >= 4 is 0 Å². The molecule has 0 aliphatic carbocycles. The molecule has 0 amide bonds. The van der Waals surface area contributed by atoms with Gasteiger partial charge in [0.1, 0.15) is 23.0 Å². The van der Waals surface area contributed by atoms with Gasteiger partial charge in [-0.25, -0.2) is 0 Å². The first-order valence-electron chi connectivity index (χ1n) is 10.5. The van der Waals surface area contributed by atoms with Gasteiger partial charge in [-0.1, -0.05) is 12.1 Å². The Balaban J connectivity index is 1.94. The second kappa shape index (κ2) is 11.2. The summed E-state index contributed by atoms with van der Waals surface area (Å²) in [5.41, 5.74) is 2.20. The lowest BCUT2D eigenvalue weighted by Gasteiger charge is -2.40. The summed E-state index contributed by atoms with van der Waals surface area (Å²) in [6.45, 7) is 3.22. The third kappa shape index (κ3) is 5.61. The van der Waals surface area contributed by atoms with E-state index in [4.69, 9.17) is 23.7 Å². The zero-order chi connectivity index (χ0) is 22.2. The van der Waals surface area contributed by atoms with E-state index in [1.54, 1.807) is 35.5 Å². The minimum absolute atomic E-state index is 0.0993. The molecule has 2 aromatic rings. The molecular weight excluding hydrogens is 396 g/mol. The van der Waals surface area contributed by atoms with E-state index in [0.29, 0.717) is 13.1 Å². The van der Waals surface area contributed by atoms with Crippen LogP contribution < -0.4 is 24.3 Å². The largest absolute Gasteiger partial charge is 0.497 e. The summed E-state index contributed by atoms with van der Waals surface area (Å²) in [6, 6.07) is 12.2. The van der Waals surface area contributed by atoms with E-state index in [2.05, 4.69) is 22.3 Å². The number of rotatable bonds is 10. The molecule has 0 saturated carbocycles. The van der Waals surface area contributed by atoms with E-state index in [1.165, 1.54) is 0 Å². The summed E-state index contributed by atoms with van der Waals surface area (Å²) < 4.78 is 27.9. The highest BCUT2D eigenvalue weighted by Crippen LogP contribution is 2.31. The number of hydrogen-bond donors (Lipinski definition) is 1. The van der Waals surface area contributed by atoms with Crippen molar-refractivity contribution in [2.45, 2.75) is 31.7 Å². The molecule has 1 heterocycles. The van der Waals surface area contributed by atoms with Gasteiger partial charge in [0.2, 0.25) is 0 Å². The second-order valence-corrected chi connectivity index (χ2v) is 7.59. The third-order valence-electron chi connectivity index (χ3n) is 5.90. The van der Waals surface area contributed by atoms with Crippen LogP contribution in [0.2, 0.25) is 0 Å². The molecule has 170 valence electrons. The van der Waals surface area contributed by atoms with Gasteiger partial charge in [0.25, 0.3) is 0 Å². The standard InChI is InChI=1S/C24H34N2O5/c1-27-19-8-6-17(22(12-19)29-3)15-26(21-10-11-25-14-24(21)31-5)16-18-7-9-20(28-2)13-23(18)30-4/h6-9,12-13,21,24-25H,10-11,14-16H2,1-5H3/t21-,24-/m1/s1. The van der Waals surface area contributed by atoms with Crippen LogP contribution in [0.4, 0.5) is 0 Å². The first-order valence-corrected chi connectivity index (χ1v) is 10.5. The van der Waals surface area contributed by atoms with Crippen molar-refractivity contribution in [3.63, 3.8) is 0 Å². The number of hydrogen-bond acceptors (Lipinski definition) is 7. The van der Waals surface area contributed by atoms with Crippen molar-refractivity contribution in [1.29, 1.82) is 0 Å². The van der Waals surface area contributed by atoms with Crippen molar-refractivity contribution in [3.05, 3.63) is 47.5 Å². The van der Waals surface area contributed by atoms with Crippen molar-refractivity contribution in [1.82, 2.24) is 10.2 Å². The smallest absolute Gasteiger partial charge is 0.127 e. The molecule has 1 N–H and O–H groups in total. The average Bonchev–Trinajstić information content (AvgIpc) is 2.83. The maximum atomic E-state index is 5.84. The highest BCUT2D eigenvalue weighted by Gasteiger charge is 2.31. The normalized spacial score (nSPS) is 18.6. The Kier molecular flexibility index (Phi) is 8.40. The van der Waals surface area contributed by atoms with Crippen LogP contribution in [0.3, 0.4) is 0 Å². The zero-order valence-electron chi connectivity index (χ0n) is 19.1. The molecule has 0 bridgehead atoms. The highest BCUT2D eigenvalue weighted by molar-refractivity contribution is 5.42. The molecular formula is C24H34N2O5. The molecule has 2 aromatic carbocycles. The zero-order valence-corrected chi connectivity index (χ0v) is 19.1. The molecule has 0 aromatic heterocycles. The van der Waals surface area contributed by atoms with Crippen molar-refractivity contribution in [3.8, 4) is 23.0 Å². The molecule has 0 spiro atoms. The van der Waals surface area contributed by atoms with Gasteiger partial charge < -0.3 is 29.0 Å². The van der Waals surface area contributed by atoms with Gasteiger partial charge in [-0.15, -0.1) is 0 Å². The highest BCUT2D eigenvalue weighted by atomic mass is 16.5. The fourth-order valence-corrected chi connectivity index (χ4v) is 4.17. The van der Waals surface area contributed by atoms with Crippen LogP contribution in [0.15, 0.2) is 36.4 Å². The predicted octanol–water partition coefficient (Wildman–Crippen LogP) is 3.10. The van der Waals surface area contributed by atoms with Crippen molar-refractivity contribution < 1.29 is 23.7 Å². The van der Waals surface area contributed by atoms with Crippen LogP contribution in [-0.2, 0) is 17.8 Å². The number of ether oxygens (including phenoxy) is 5. The van der Waals surface area contributed by atoms with Crippen molar-refractivity contribution in [2.24, 2.45) is 0 Å². The summed E-state index contributed by atoms with van der Waals surface area (Å²) in [4.78, 5) is 2.45. The van der Waals surface area contributed by atoms with E-state index >= 15 is 0 Å². The van der Waals surface area contributed by atoms with Crippen LogP contribution in [0.1, 0.15) is 17.5 Å². The van der Waals surface area contributed by atoms with Gasteiger partial charge in [0.05, 0.1) is 34.5 Å². The maximum Gasteiger partial charge on any atom is 0.127 e. The van der Waals surface area contributed by atoms with Crippen LogP contribution >= 0.6 is 0 Å². The predicted molar refractivity (Wildman–Crippen MR) is 120 cm³/mol. The van der Waals surface area contributed by atoms with Crippen LogP contribution in [-0.4, -0.2) is 65.7 Å². The average molecular weight is 431 g/mol. The summed E-state index contributed by atoms with van der Waals surface area (Å²) in [5, 5.41) is 3.44. The molecule has 2 atom stereocenters.